The molecule has 2 aromatic carbocycles. The summed E-state index contributed by atoms with van der Waals surface area (Å²) in [6.45, 7) is 4.76. The van der Waals surface area contributed by atoms with Crippen molar-refractivity contribution in [3.63, 3.8) is 0 Å². The predicted octanol–water partition coefficient (Wildman–Crippen LogP) is 5.38. The molecular weight excluding hydrogens is 304 g/mol. The van der Waals surface area contributed by atoms with Gasteiger partial charge in [0.05, 0.1) is 6.10 Å². The fourth-order valence-electron chi connectivity index (χ4n) is 2.66. The predicted molar refractivity (Wildman–Crippen MR) is 98.2 cm³/mol. The molecule has 0 heterocycles. The van der Waals surface area contributed by atoms with Crippen molar-refractivity contribution < 1.29 is 9.84 Å². The number of hydrogen-bond donors (Lipinski definition) is 1. The summed E-state index contributed by atoms with van der Waals surface area (Å²) >= 11 is 1.79. The molecule has 2 nitrogen and oxygen atoms in total. The van der Waals surface area contributed by atoms with Gasteiger partial charge in [0.15, 0.2) is 0 Å². The normalized spacial score (nSPS) is 12.2. The monoisotopic (exact) mass is 330 g/mol. The van der Waals surface area contributed by atoms with E-state index in [0.29, 0.717) is 6.61 Å². The van der Waals surface area contributed by atoms with Crippen LogP contribution in [0.15, 0.2) is 47.4 Å². The molecule has 0 radical (unpaired) electrons. The van der Waals surface area contributed by atoms with Crippen LogP contribution in [0.1, 0.15) is 49.5 Å². The van der Waals surface area contributed by atoms with Crippen LogP contribution in [-0.2, 0) is 13.0 Å². The Balaban J connectivity index is 2.07. The van der Waals surface area contributed by atoms with Gasteiger partial charge in [-0.2, -0.15) is 0 Å². The van der Waals surface area contributed by atoms with Crippen molar-refractivity contribution in [2.45, 2.75) is 50.7 Å². The van der Waals surface area contributed by atoms with Gasteiger partial charge in [0, 0.05) is 10.5 Å². The molecular formula is C20H26O2S. The van der Waals surface area contributed by atoms with Crippen LogP contribution in [0, 0.1) is 0 Å². The topological polar surface area (TPSA) is 29.5 Å². The Morgan fingerprint density at radius 3 is 2.35 bits per heavy atom. The lowest BCUT2D eigenvalue weighted by atomic mass is 10.1. The zero-order chi connectivity index (χ0) is 16.7. The van der Waals surface area contributed by atoms with E-state index in [9.17, 15) is 5.11 Å². The quantitative estimate of drug-likeness (QED) is 0.659. The minimum atomic E-state index is -0.391. The third-order valence-corrected chi connectivity index (χ3v) is 4.88. The third-order valence-electron chi connectivity index (χ3n) is 3.95. The summed E-state index contributed by atoms with van der Waals surface area (Å²) in [6.07, 6.45) is 4.71. The Labute approximate surface area is 143 Å². The lowest BCUT2D eigenvalue weighted by Crippen LogP contribution is -2.01. The van der Waals surface area contributed by atoms with Crippen LogP contribution in [0.4, 0.5) is 0 Å². The number of aryl methyl sites for hydroxylation is 1. The van der Waals surface area contributed by atoms with E-state index in [0.717, 1.165) is 30.6 Å². The molecule has 0 saturated heterocycles. The van der Waals surface area contributed by atoms with Crippen LogP contribution < -0.4 is 4.74 Å². The lowest BCUT2D eigenvalue weighted by molar-refractivity contribution is 0.173. The molecule has 3 heteroatoms. The fourth-order valence-corrected chi connectivity index (χ4v) is 3.48. The summed E-state index contributed by atoms with van der Waals surface area (Å²) in [5.41, 5.74) is 3.58. The molecule has 0 aliphatic heterocycles. The Kier molecular flexibility index (Phi) is 7.00. The fraction of sp³-hybridized carbons (Fsp3) is 0.400. The number of thioether (sulfide) groups is 1. The van der Waals surface area contributed by atoms with Crippen LogP contribution in [-0.4, -0.2) is 11.4 Å². The van der Waals surface area contributed by atoms with Gasteiger partial charge < -0.3 is 9.84 Å². The van der Waals surface area contributed by atoms with Crippen LogP contribution >= 0.6 is 11.8 Å². The average Bonchev–Trinajstić information content (AvgIpc) is 2.60. The van der Waals surface area contributed by atoms with E-state index in [2.05, 4.69) is 31.4 Å². The highest BCUT2D eigenvalue weighted by Crippen LogP contribution is 2.28. The van der Waals surface area contributed by atoms with Crippen LogP contribution in [0.25, 0.3) is 0 Å². The standard InChI is InChI=1S/C20H26O2S/c1-4-7-16-8-6-9-17(20(16)23-3)14-22-18-12-10-15(11-13-18)19(21)5-2/h6,8-13,19,21H,4-5,7,14H2,1-3H3. The highest BCUT2D eigenvalue weighted by atomic mass is 32.2. The molecule has 2 rings (SSSR count). The molecule has 2 aromatic rings. The van der Waals surface area contributed by atoms with Crippen molar-refractivity contribution in [2.24, 2.45) is 0 Å². The smallest absolute Gasteiger partial charge is 0.119 e. The molecule has 124 valence electrons. The minimum absolute atomic E-state index is 0.391. The third kappa shape index (κ3) is 4.76. The minimum Gasteiger partial charge on any atom is -0.489 e. The van der Waals surface area contributed by atoms with Gasteiger partial charge in [-0.15, -0.1) is 11.8 Å². The Morgan fingerprint density at radius 2 is 1.74 bits per heavy atom. The van der Waals surface area contributed by atoms with Crippen LogP contribution in [0.5, 0.6) is 5.75 Å². The first-order chi connectivity index (χ1) is 11.2. The Morgan fingerprint density at radius 1 is 1.04 bits per heavy atom. The first kappa shape index (κ1) is 17.9. The first-order valence-electron chi connectivity index (χ1n) is 8.25. The molecule has 0 aliphatic carbocycles. The van der Waals surface area contributed by atoms with E-state index in [-0.39, 0.29) is 0 Å². The van der Waals surface area contributed by atoms with Crippen molar-refractivity contribution in [1.82, 2.24) is 0 Å². The molecule has 0 fully saturated rings. The number of ether oxygens (including phenoxy) is 1. The first-order valence-corrected chi connectivity index (χ1v) is 9.47. The van der Waals surface area contributed by atoms with E-state index in [1.54, 1.807) is 11.8 Å². The molecule has 0 amide bonds. The summed E-state index contributed by atoms with van der Waals surface area (Å²) in [4.78, 5) is 1.34. The van der Waals surface area contributed by atoms with Gasteiger partial charge in [-0.1, -0.05) is 50.6 Å². The van der Waals surface area contributed by atoms with E-state index >= 15 is 0 Å². The van der Waals surface area contributed by atoms with Crippen molar-refractivity contribution >= 4 is 11.8 Å². The highest BCUT2D eigenvalue weighted by molar-refractivity contribution is 7.98. The molecule has 0 spiro atoms. The second kappa shape index (κ2) is 8.99. The number of rotatable bonds is 8. The van der Waals surface area contributed by atoms with Gasteiger partial charge in [-0.3, -0.25) is 0 Å². The number of aliphatic hydroxyl groups excluding tert-OH is 1. The number of aliphatic hydroxyl groups is 1. The summed E-state index contributed by atoms with van der Waals surface area (Å²) in [5, 5.41) is 9.83. The summed E-state index contributed by atoms with van der Waals surface area (Å²) in [5.74, 6) is 0.838. The van der Waals surface area contributed by atoms with Gasteiger partial charge in [-0.25, -0.2) is 0 Å². The summed E-state index contributed by atoms with van der Waals surface area (Å²) < 4.78 is 5.94. The molecule has 23 heavy (non-hydrogen) atoms. The van der Waals surface area contributed by atoms with E-state index in [4.69, 9.17) is 4.74 Å². The molecule has 1 unspecified atom stereocenters. The molecule has 1 N–H and O–H groups in total. The molecule has 1 atom stereocenters. The van der Waals surface area contributed by atoms with E-state index in [1.165, 1.54) is 16.0 Å². The second-order valence-electron chi connectivity index (χ2n) is 5.64. The molecule has 0 aromatic heterocycles. The summed E-state index contributed by atoms with van der Waals surface area (Å²) in [7, 11) is 0. The molecule has 0 saturated carbocycles. The van der Waals surface area contributed by atoms with E-state index < -0.39 is 6.10 Å². The molecule has 0 aliphatic rings. The number of hydrogen-bond acceptors (Lipinski definition) is 3. The van der Waals surface area contributed by atoms with E-state index in [1.807, 2.05) is 31.2 Å². The Hall–Kier alpha value is -1.45. The molecule has 0 bridgehead atoms. The van der Waals surface area contributed by atoms with Crippen LogP contribution in [0.3, 0.4) is 0 Å². The number of benzene rings is 2. The SMILES string of the molecule is CCCc1cccc(COc2ccc(C(O)CC)cc2)c1SC. The maximum atomic E-state index is 9.83. The van der Waals surface area contributed by atoms with Crippen molar-refractivity contribution in [3.05, 3.63) is 59.2 Å². The van der Waals surface area contributed by atoms with Gasteiger partial charge >= 0.3 is 0 Å². The van der Waals surface area contributed by atoms with Gasteiger partial charge in [0.2, 0.25) is 0 Å². The van der Waals surface area contributed by atoms with Gasteiger partial charge in [-0.05, 0) is 42.4 Å². The maximum absolute atomic E-state index is 9.83. The second-order valence-corrected chi connectivity index (χ2v) is 6.46. The van der Waals surface area contributed by atoms with Crippen molar-refractivity contribution in [1.29, 1.82) is 0 Å². The summed E-state index contributed by atoms with van der Waals surface area (Å²) in [6, 6.07) is 14.2. The van der Waals surface area contributed by atoms with Crippen LogP contribution in [0.2, 0.25) is 0 Å². The zero-order valence-electron chi connectivity index (χ0n) is 14.2. The maximum Gasteiger partial charge on any atom is 0.119 e. The lowest BCUT2D eigenvalue weighted by Gasteiger charge is -2.14. The largest absolute Gasteiger partial charge is 0.489 e. The van der Waals surface area contributed by atoms with Crippen molar-refractivity contribution in [2.75, 3.05) is 6.26 Å². The zero-order valence-corrected chi connectivity index (χ0v) is 15.0. The van der Waals surface area contributed by atoms with Gasteiger partial charge in [0.25, 0.3) is 0 Å². The Bertz CT molecular complexity index is 608. The highest BCUT2D eigenvalue weighted by Gasteiger charge is 2.08. The van der Waals surface area contributed by atoms with Gasteiger partial charge in [0.1, 0.15) is 12.4 Å². The van der Waals surface area contributed by atoms with Crippen molar-refractivity contribution in [3.8, 4) is 5.75 Å². The average molecular weight is 330 g/mol.